The zero-order valence-electron chi connectivity index (χ0n) is 15.1. The van der Waals surface area contributed by atoms with Gasteiger partial charge in [-0.25, -0.2) is 13.1 Å². The molecule has 0 saturated carbocycles. The van der Waals surface area contributed by atoms with Crippen molar-refractivity contribution in [1.29, 1.82) is 0 Å². The van der Waals surface area contributed by atoms with Crippen LogP contribution in [0.3, 0.4) is 0 Å². The number of hydrogen-bond donors (Lipinski definition) is 3. The lowest BCUT2D eigenvalue weighted by Gasteiger charge is -2.21. The summed E-state index contributed by atoms with van der Waals surface area (Å²) >= 11 is 3.26. The molecule has 25 heavy (non-hydrogen) atoms. The van der Waals surface area contributed by atoms with Gasteiger partial charge in [0, 0.05) is 29.3 Å². The quantitative estimate of drug-likeness (QED) is 0.351. The van der Waals surface area contributed by atoms with Crippen LogP contribution in [0.1, 0.15) is 31.6 Å². The van der Waals surface area contributed by atoms with Gasteiger partial charge in [-0.05, 0) is 51.5 Å². The normalized spacial score (nSPS) is 21.5. The first-order valence-corrected chi connectivity index (χ1v) is 11.9. The summed E-state index contributed by atoms with van der Waals surface area (Å²) in [7, 11) is -3.42. The largest absolute Gasteiger partial charge is 0.357 e. The van der Waals surface area contributed by atoms with Crippen LogP contribution >= 0.6 is 23.1 Å². The highest BCUT2D eigenvalue weighted by Crippen LogP contribution is 2.37. The molecule has 0 spiro atoms. The van der Waals surface area contributed by atoms with Crippen molar-refractivity contribution in [3.8, 4) is 0 Å². The van der Waals surface area contributed by atoms with E-state index in [9.17, 15) is 8.42 Å². The maximum absolute atomic E-state index is 12.2. The molecule has 142 valence electrons. The molecule has 9 heteroatoms. The Hall–Kier alpha value is -0.770. The zero-order chi connectivity index (χ0) is 18.3. The molecule has 1 saturated heterocycles. The van der Waals surface area contributed by atoms with Crippen LogP contribution < -0.4 is 15.4 Å². The van der Waals surface area contributed by atoms with Crippen molar-refractivity contribution in [2.75, 3.05) is 31.9 Å². The second kappa shape index (κ2) is 9.25. The Morgan fingerprint density at radius 1 is 1.32 bits per heavy atom. The smallest absolute Gasteiger partial charge is 0.250 e. The topological polar surface area (TPSA) is 82.6 Å². The van der Waals surface area contributed by atoms with Gasteiger partial charge < -0.3 is 10.6 Å². The molecule has 1 aromatic rings. The van der Waals surface area contributed by atoms with Gasteiger partial charge in [0.25, 0.3) is 0 Å². The van der Waals surface area contributed by atoms with Crippen LogP contribution in [0.25, 0.3) is 0 Å². The Labute approximate surface area is 159 Å². The van der Waals surface area contributed by atoms with E-state index >= 15 is 0 Å². The molecule has 0 bridgehead atoms. The number of aliphatic imine (C=N–C) groups is 1. The first-order chi connectivity index (χ1) is 11.8. The molecule has 2 heterocycles. The van der Waals surface area contributed by atoms with Crippen molar-refractivity contribution in [1.82, 2.24) is 15.4 Å². The molecule has 6 nitrogen and oxygen atoms in total. The molecule has 0 amide bonds. The molecule has 1 fully saturated rings. The summed E-state index contributed by atoms with van der Waals surface area (Å²) in [4.78, 5) is 5.65. The highest BCUT2D eigenvalue weighted by Gasteiger charge is 2.29. The third kappa shape index (κ3) is 6.47. The summed E-state index contributed by atoms with van der Waals surface area (Å²) in [6.07, 6.45) is 2.45. The van der Waals surface area contributed by atoms with E-state index in [1.54, 1.807) is 6.07 Å². The molecule has 2 rings (SSSR count). The maximum atomic E-state index is 12.2. The van der Waals surface area contributed by atoms with E-state index in [2.05, 4.69) is 27.3 Å². The highest BCUT2D eigenvalue weighted by molar-refractivity contribution is 8.00. The fourth-order valence-corrected chi connectivity index (χ4v) is 6.13. The number of thiophene rings is 1. The molecular formula is C16H28N4O2S3. The van der Waals surface area contributed by atoms with Gasteiger partial charge in [0.15, 0.2) is 5.96 Å². The third-order valence-electron chi connectivity index (χ3n) is 3.91. The minimum absolute atomic E-state index is 0.223. The summed E-state index contributed by atoms with van der Waals surface area (Å²) in [6.45, 7) is 8.52. The minimum Gasteiger partial charge on any atom is -0.357 e. The van der Waals surface area contributed by atoms with Gasteiger partial charge in [-0.3, -0.25) is 4.99 Å². The van der Waals surface area contributed by atoms with E-state index in [-0.39, 0.29) is 4.75 Å². The van der Waals surface area contributed by atoms with Gasteiger partial charge in [-0.15, -0.1) is 11.3 Å². The first kappa shape index (κ1) is 20.5. The maximum Gasteiger partial charge on any atom is 0.250 e. The molecule has 0 aliphatic carbocycles. The zero-order valence-corrected chi connectivity index (χ0v) is 17.5. The molecule has 0 aromatic carbocycles. The van der Waals surface area contributed by atoms with Crippen molar-refractivity contribution in [2.45, 2.75) is 42.6 Å². The molecule has 3 N–H and O–H groups in total. The van der Waals surface area contributed by atoms with Gasteiger partial charge in [0.05, 0.1) is 6.54 Å². The lowest BCUT2D eigenvalue weighted by Crippen LogP contribution is -2.42. The monoisotopic (exact) mass is 404 g/mol. The van der Waals surface area contributed by atoms with Gasteiger partial charge in [-0.1, -0.05) is 0 Å². The molecule has 1 unspecified atom stereocenters. The van der Waals surface area contributed by atoms with Crippen LogP contribution in [-0.4, -0.2) is 51.1 Å². The molecule has 1 aliphatic heterocycles. The van der Waals surface area contributed by atoms with Crippen LogP contribution in [-0.2, 0) is 10.0 Å². The highest BCUT2D eigenvalue weighted by atomic mass is 32.2. The molecule has 1 aliphatic rings. The van der Waals surface area contributed by atoms with Crippen molar-refractivity contribution in [2.24, 2.45) is 4.99 Å². The second-order valence-electron chi connectivity index (χ2n) is 6.29. The van der Waals surface area contributed by atoms with Crippen LogP contribution in [0, 0.1) is 6.92 Å². The SMILES string of the molecule is CCNC(=NCC1(C)CCCS1)NCCNS(=O)(=O)c1ccc(C)s1. The Balaban J connectivity index is 1.80. The Kier molecular flexibility index (Phi) is 7.60. The molecule has 1 atom stereocenters. The van der Waals surface area contributed by atoms with Crippen molar-refractivity contribution in [3.63, 3.8) is 0 Å². The average Bonchev–Trinajstić information content (AvgIpc) is 3.18. The van der Waals surface area contributed by atoms with Crippen LogP contribution in [0.5, 0.6) is 0 Å². The van der Waals surface area contributed by atoms with Crippen LogP contribution in [0.2, 0.25) is 0 Å². The van der Waals surface area contributed by atoms with Crippen molar-refractivity contribution >= 4 is 39.1 Å². The van der Waals surface area contributed by atoms with E-state index in [0.29, 0.717) is 17.3 Å². The van der Waals surface area contributed by atoms with Gasteiger partial charge >= 0.3 is 0 Å². The molecule has 0 radical (unpaired) electrons. The number of nitrogens with zero attached hydrogens (tertiary/aromatic N) is 1. The first-order valence-electron chi connectivity index (χ1n) is 8.57. The number of hydrogen-bond acceptors (Lipinski definition) is 5. The predicted octanol–water partition coefficient (Wildman–Crippen LogP) is 2.18. The predicted molar refractivity (Wildman–Crippen MR) is 108 cm³/mol. The Bertz CT molecular complexity index is 679. The van der Waals surface area contributed by atoms with Crippen LogP contribution in [0.15, 0.2) is 21.3 Å². The van der Waals surface area contributed by atoms with E-state index in [1.807, 2.05) is 31.7 Å². The van der Waals surface area contributed by atoms with E-state index in [4.69, 9.17) is 0 Å². The summed E-state index contributed by atoms with van der Waals surface area (Å²) in [5, 5.41) is 6.41. The average molecular weight is 405 g/mol. The van der Waals surface area contributed by atoms with Gasteiger partial charge in [0.1, 0.15) is 4.21 Å². The van der Waals surface area contributed by atoms with Gasteiger partial charge in [0.2, 0.25) is 10.0 Å². The summed E-state index contributed by atoms with van der Waals surface area (Å²) in [5.41, 5.74) is 0. The standard InChI is InChI=1S/C16H28N4O2S3/c1-4-17-15(19-12-16(3)8-5-11-23-16)18-9-10-20-25(21,22)14-7-6-13(2)24-14/h6-7,20H,4-5,8-12H2,1-3H3,(H2,17,18,19). The van der Waals surface area contributed by atoms with E-state index in [1.165, 1.54) is 29.9 Å². The summed E-state index contributed by atoms with van der Waals surface area (Å²) < 4.78 is 27.6. The fourth-order valence-electron chi connectivity index (χ4n) is 2.54. The Morgan fingerprint density at radius 2 is 2.12 bits per heavy atom. The van der Waals surface area contributed by atoms with Crippen LogP contribution in [0.4, 0.5) is 0 Å². The Morgan fingerprint density at radius 3 is 2.72 bits per heavy atom. The summed E-state index contributed by atoms with van der Waals surface area (Å²) in [6, 6.07) is 3.45. The lowest BCUT2D eigenvalue weighted by molar-refractivity contribution is 0.582. The van der Waals surface area contributed by atoms with E-state index in [0.717, 1.165) is 23.9 Å². The number of sulfonamides is 1. The van der Waals surface area contributed by atoms with E-state index < -0.39 is 10.0 Å². The third-order valence-corrected chi connectivity index (χ3v) is 8.38. The van der Waals surface area contributed by atoms with Crippen molar-refractivity contribution in [3.05, 3.63) is 17.0 Å². The number of thioether (sulfide) groups is 1. The number of aryl methyl sites for hydroxylation is 1. The summed E-state index contributed by atoms with van der Waals surface area (Å²) in [5.74, 6) is 1.95. The number of guanidine groups is 1. The fraction of sp³-hybridized carbons (Fsp3) is 0.688. The molecule has 1 aromatic heterocycles. The van der Waals surface area contributed by atoms with Crippen molar-refractivity contribution < 1.29 is 8.42 Å². The van der Waals surface area contributed by atoms with Gasteiger partial charge in [-0.2, -0.15) is 11.8 Å². The second-order valence-corrected chi connectivity index (χ2v) is 11.3. The number of nitrogens with one attached hydrogen (secondary N) is 3. The lowest BCUT2D eigenvalue weighted by atomic mass is 10.1. The minimum atomic E-state index is -3.42. The number of rotatable bonds is 8. The molecular weight excluding hydrogens is 376 g/mol.